The van der Waals surface area contributed by atoms with Crippen molar-refractivity contribution in [2.24, 2.45) is 5.92 Å². The van der Waals surface area contributed by atoms with Crippen LogP contribution in [-0.2, 0) is 11.2 Å². The summed E-state index contributed by atoms with van der Waals surface area (Å²) in [6.45, 7) is 0.372. The molecule has 0 bridgehead atoms. The van der Waals surface area contributed by atoms with Crippen molar-refractivity contribution in [1.82, 2.24) is 4.98 Å². The quantitative estimate of drug-likeness (QED) is 0.768. The molecule has 1 aliphatic rings. The number of carbonyl (C=O) groups is 1. The van der Waals surface area contributed by atoms with Crippen LogP contribution in [0.1, 0.15) is 11.1 Å². The van der Waals surface area contributed by atoms with E-state index in [0.717, 1.165) is 22.6 Å². The van der Waals surface area contributed by atoms with Crippen LogP contribution in [0.4, 0.5) is 5.13 Å². The monoisotopic (exact) mass is 361 g/mol. The molecule has 0 fully saturated rings. The molecule has 1 aliphatic heterocycles. The molecule has 2 heterocycles. The molecule has 2 aromatic carbocycles. The Hall–Kier alpha value is -3.17. The van der Waals surface area contributed by atoms with Crippen LogP contribution >= 0.6 is 11.3 Å². The van der Waals surface area contributed by atoms with E-state index < -0.39 is 0 Å². The Morgan fingerprint density at radius 1 is 1.23 bits per heavy atom. The Morgan fingerprint density at radius 3 is 2.85 bits per heavy atom. The molecule has 3 aromatic rings. The SMILES string of the molecule is N#Cc1ccc(-c2csc(NC(=O)[C@H]3COc4ccccc4C3)n2)cc1. The zero-order valence-electron chi connectivity index (χ0n) is 13.8. The molecule has 1 N–H and O–H groups in total. The molecule has 4 rings (SSSR count). The maximum Gasteiger partial charge on any atom is 0.233 e. The van der Waals surface area contributed by atoms with Gasteiger partial charge in [0, 0.05) is 10.9 Å². The van der Waals surface area contributed by atoms with Crippen LogP contribution in [0.25, 0.3) is 11.3 Å². The summed E-state index contributed by atoms with van der Waals surface area (Å²) in [7, 11) is 0. The smallest absolute Gasteiger partial charge is 0.233 e. The average molecular weight is 361 g/mol. The molecule has 0 unspecified atom stereocenters. The molecule has 6 heteroatoms. The second-order valence-electron chi connectivity index (χ2n) is 6.04. The molecule has 1 atom stereocenters. The summed E-state index contributed by atoms with van der Waals surface area (Å²) in [5.74, 6) is 0.543. The van der Waals surface area contributed by atoms with Crippen LogP contribution in [0, 0.1) is 17.2 Å². The number of anilines is 1. The number of fused-ring (bicyclic) bond motifs is 1. The number of carbonyl (C=O) groups excluding carboxylic acids is 1. The number of thiazole rings is 1. The average Bonchev–Trinajstić information content (AvgIpc) is 3.16. The minimum atomic E-state index is -0.229. The van der Waals surface area contributed by atoms with Gasteiger partial charge in [0.05, 0.1) is 23.2 Å². The van der Waals surface area contributed by atoms with Crippen LogP contribution in [0.2, 0.25) is 0 Å². The van der Waals surface area contributed by atoms with Gasteiger partial charge < -0.3 is 10.1 Å². The lowest BCUT2D eigenvalue weighted by Crippen LogP contribution is -2.32. The summed E-state index contributed by atoms with van der Waals surface area (Å²) < 4.78 is 5.69. The van der Waals surface area contributed by atoms with Crippen molar-refractivity contribution in [2.45, 2.75) is 6.42 Å². The van der Waals surface area contributed by atoms with Crippen molar-refractivity contribution in [1.29, 1.82) is 5.26 Å². The van der Waals surface area contributed by atoms with Crippen LogP contribution in [0.5, 0.6) is 5.75 Å². The van der Waals surface area contributed by atoms with Crippen LogP contribution < -0.4 is 10.1 Å². The Labute approximate surface area is 154 Å². The highest BCUT2D eigenvalue weighted by molar-refractivity contribution is 7.14. The first-order valence-electron chi connectivity index (χ1n) is 8.20. The highest BCUT2D eigenvalue weighted by Gasteiger charge is 2.26. The van der Waals surface area contributed by atoms with Crippen molar-refractivity contribution < 1.29 is 9.53 Å². The number of nitrogens with zero attached hydrogens (tertiary/aromatic N) is 2. The number of hydrogen-bond donors (Lipinski definition) is 1. The molecule has 0 radical (unpaired) electrons. The van der Waals surface area contributed by atoms with Crippen molar-refractivity contribution >= 4 is 22.4 Å². The molecular weight excluding hydrogens is 346 g/mol. The van der Waals surface area contributed by atoms with E-state index in [1.165, 1.54) is 11.3 Å². The molecule has 0 spiro atoms. The van der Waals surface area contributed by atoms with Gasteiger partial charge >= 0.3 is 0 Å². The molecule has 1 aromatic heterocycles. The predicted octanol–water partition coefficient (Wildman–Crippen LogP) is 3.87. The van der Waals surface area contributed by atoms with Gasteiger partial charge in [0.25, 0.3) is 0 Å². The standard InChI is InChI=1S/C20H15N3O2S/c21-10-13-5-7-14(8-6-13)17-12-26-20(22-17)23-19(24)16-9-15-3-1-2-4-18(15)25-11-16/h1-8,12,16H,9,11H2,(H,22,23,24)/t16-/m1/s1. The van der Waals surface area contributed by atoms with Gasteiger partial charge in [0.15, 0.2) is 5.13 Å². The Bertz CT molecular complexity index is 989. The summed E-state index contributed by atoms with van der Waals surface area (Å²) in [6, 6.07) is 17.1. The van der Waals surface area contributed by atoms with Crippen molar-refractivity contribution in [3.63, 3.8) is 0 Å². The topological polar surface area (TPSA) is 75.0 Å². The van der Waals surface area contributed by atoms with Crippen LogP contribution in [-0.4, -0.2) is 17.5 Å². The van der Waals surface area contributed by atoms with Gasteiger partial charge in [-0.1, -0.05) is 30.3 Å². The second kappa shape index (κ2) is 6.98. The van der Waals surface area contributed by atoms with Gasteiger partial charge in [0.2, 0.25) is 5.91 Å². The highest BCUT2D eigenvalue weighted by Crippen LogP contribution is 2.29. The Kier molecular flexibility index (Phi) is 4.38. The fraction of sp³-hybridized carbons (Fsp3) is 0.150. The molecule has 0 saturated heterocycles. The van der Waals surface area contributed by atoms with E-state index >= 15 is 0 Å². The third-order valence-corrected chi connectivity index (χ3v) is 5.05. The fourth-order valence-electron chi connectivity index (χ4n) is 2.88. The van der Waals surface area contributed by atoms with Crippen molar-refractivity contribution in [2.75, 3.05) is 11.9 Å². The van der Waals surface area contributed by atoms with Gasteiger partial charge in [-0.3, -0.25) is 4.79 Å². The van der Waals surface area contributed by atoms with Crippen LogP contribution in [0.3, 0.4) is 0 Å². The number of rotatable bonds is 3. The minimum absolute atomic E-state index is 0.0831. The van der Waals surface area contributed by atoms with Crippen molar-refractivity contribution in [3.8, 4) is 23.1 Å². The zero-order valence-corrected chi connectivity index (χ0v) is 14.6. The summed E-state index contributed by atoms with van der Waals surface area (Å²) in [5.41, 5.74) is 3.35. The van der Waals surface area contributed by atoms with Gasteiger partial charge in [-0.05, 0) is 30.2 Å². The minimum Gasteiger partial charge on any atom is -0.492 e. The van der Waals surface area contributed by atoms with Gasteiger partial charge in [0.1, 0.15) is 12.4 Å². The number of para-hydroxylation sites is 1. The number of aromatic nitrogens is 1. The first kappa shape index (κ1) is 16.3. The zero-order chi connectivity index (χ0) is 17.9. The molecule has 0 saturated carbocycles. The van der Waals surface area contributed by atoms with Gasteiger partial charge in [-0.25, -0.2) is 4.98 Å². The lowest BCUT2D eigenvalue weighted by atomic mass is 9.96. The van der Waals surface area contributed by atoms with Crippen LogP contribution in [0.15, 0.2) is 53.9 Å². The maximum absolute atomic E-state index is 12.5. The lowest BCUT2D eigenvalue weighted by molar-refractivity contribution is -0.121. The second-order valence-corrected chi connectivity index (χ2v) is 6.89. The number of ether oxygens (including phenoxy) is 1. The first-order valence-corrected chi connectivity index (χ1v) is 9.08. The lowest BCUT2D eigenvalue weighted by Gasteiger charge is -2.24. The van der Waals surface area contributed by atoms with Crippen molar-refractivity contribution in [3.05, 3.63) is 65.0 Å². The first-order chi connectivity index (χ1) is 12.7. The van der Waals surface area contributed by atoms with E-state index in [0.29, 0.717) is 23.7 Å². The van der Waals surface area contributed by atoms with E-state index in [-0.39, 0.29) is 11.8 Å². The molecule has 1 amide bonds. The highest BCUT2D eigenvalue weighted by atomic mass is 32.1. The Balaban J connectivity index is 1.44. The molecule has 0 aliphatic carbocycles. The number of hydrogen-bond acceptors (Lipinski definition) is 5. The Morgan fingerprint density at radius 2 is 2.04 bits per heavy atom. The summed E-state index contributed by atoms with van der Waals surface area (Å²) in [6.07, 6.45) is 0.663. The maximum atomic E-state index is 12.5. The normalized spacial score (nSPS) is 15.4. The summed E-state index contributed by atoms with van der Waals surface area (Å²) >= 11 is 1.38. The van der Waals surface area contributed by atoms with E-state index in [4.69, 9.17) is 10.00 Å². The summed E-state index contributed by atoms with van der Waals surface area (Å²) in [5, 5.41) is 14.2. The van der Waals surface area contributed by atoms with E-state index in [1.54, 1.807) is 12.1 Å². The van der Waals surface area contributed by atoms with Gasteiger partial charge in [-0.2, -0.15) is 5.26 Å². The number of amides is 1. The van der Waals surface area contributed by atoms with E-state index in [9.17, 15) is 4.79 Å². The third kappa shape index (κ3) is 3.30. The molecule has 26 heavy (non-hydrogen) atoms. The van der Waals surface area contributed by atoms with E-state index in [1.807, 2.05) is 41.8 Å². The van der Waals surface area contributed by atoms with E-state index in [2.05, 4.69) is 16.4 Å². The molecular formula is C20H15N3O2S. The fourth-order valence-corrected chi connectivity index (χ4v) is 3.61. The van der Waals surface area contributed by atoms with Gasteiger partial charge in [-0.15, -0.1) is 11.3 Å². The number of nitrogens with one attached hydrogen (secondary N) is 1. The molecule has 128 valence electrons. The summed E-state index contributed by atoms with van der Waals surface area (Å²) in [4.78, 5) is 17.0. The largest absolute Gasteiger partial charge is 0.492 e. The number of benzene rings is 2. The number of nitriles is 1. The predicted molar refractivity (Wildman–Crippen MR) is 100 cm³/mol. The molecule has 5 nitrogen and oxygen atoms in total. The third-order valence-electron chi connectivity index (χ3n) is 4.29.